The van der Waals surface area contributed by atoms with Gasteiger partial charge in [0, 0.05) is 10.7 Å². The number of halogens is 1. The van der Waals surface area contributed by atoms with Crippen LogP contribution in [0.3, 0.4) is 0 Å². The third-order valence-corrected chi connectivity index (χ3v) is 3.31. The maximum atomic E-state index is 6.04. The van der Waals surface area contributed by atoms with Gasteiger partial charge in [0.25, 0.3) is 0 Å². The molecule has 0 radical (unpaired) electrons. The second-order valence-corrected chi connectivity index (χ2v) is 5.68. The molecule has 100 valence electrons. The van der Waals surface area contributed by atoms with Gasteiger partial charge in [0.05, 0.1) is 6.04 Å². The predicted octanol–water partition coefficient (Wildman–Crippen LogP) is 5.54. The van der Waals surface area contributed by atoms with E-state index in [-0.39, 0.29) is 0 Å². The van der Waals surface area contributed by atoms with Crippen molar-refractivity contribution in [3.05, 3.63) is 65.2 Å². The average molecular weight is 274 g/mol. The molecule has 2 heteroatoms. The molecule has 19 heavy (non-hydrogen) atoms. The topological polar surface area (TPSA) is 12.0 Å². The Hall–Kier alpha value is -1.47. The first-order valence-corrected chi connectivity index (χ1v) is 7.10. The Bertz CT molecular complexity index is 508. The molecule has 2 aromatic rings. The van der Waals surface area contributed by atoms with Crippen LogP contribution in [0.1, 0.15) is 31.9 Å². The van der Waals surface area contributed by atoms with Crippen LogP contribution in [0, 0.1) is 5.92 Å². The molecule has 1 N–H and O–H groups in total. The fraction of sp³-hybridized carbons (Fsp3) is 0.294. The maximum absolute atomic E-state index is 6.04. The molecule has 0 spiro atoms. The molecule has 0 bridgehead atoms. The summed E-state index contributed by atoms with van der Waals surface area (Å²) in [5.41, 5.74) is 2.39. The lowest BCUT2D eigenvalue weighted by Gasteiger charge is -2.22. The van der Waals surface area contributed by atoms with Crippen molar-refractivity contribution in [2.24, 2.45) is 5.92 Å². The van der Waals surface area contributed by atoms with E-state index >= 15 is 0 Å². The van der Waals surface area contributed by atoms with Gasteiger partial charge in [-0.25, -0.2) is 0 Å². The first-order valence-electron chi connectivity index (χ1n) is 6.72. The van der Waals surface area contributed by atoms with Crippen molar-refractivity contribution in [3.63, 3.8) is 0 Å². The van der Waals surface area contributed by atoms with Crippen LogP contribution in [-0.4, -0.2) is 0 Å². The van der Waals surface area contributed by atoms with E-state index in [0.29, 0.717) is 12.0 Å². The van der Waals surface area contributed by atoms with Crippen molar-refractivity contribution in [1.82, 2.24) is 0 Å². The van der Waals surface area contributed by atoms with E-state index in [1.54, 1.807) is 0 Å². The lowest BCUT2D eigenvalue weighted by molar-refractivity contribution is 0.531. The van der Waals surface area contributed by atoms with Crippen LogP contribution in [-0.2, 0) is 0 Å². The number of rotatable bonds is 5. The van der Waals surface area contributed by atoms with Crippen LogP contribution in [0.2, 0.25) is 5.02 Å². The molecule has 2 rings (SSSR count). The van der Waals surface area contributed by atoms with Gasteiger partial charge in [-0.2, -0.15) is 0 Å². The molecule has 0 amide bonds. The third kappa shape index (κ3) is 4.29. The molecule has 0 aliphatic carbocycles. The largest absolute Gasteiger partial charge is 0.378 e. The highest BCUT2D eigenvalue weighted by molar-refractivity contribution is 6.30. The molecule has 0 heterocycles. The highest BCUT2D eigenvalue weighted by Gasteiger charge is 2.13. The zero-order valence-electron chi connectivity index (χ0n) is 11.4. The van der Waals surface area contributed by atoms with Crippen LogP contribution in [0.15, 0.2) is 54.6 Å². The van der Waals surface area contributed by atoms with Crippen molar-refractivity contribution >= 4 is 17.3 Å². The normalized spacial score (nSPS) is 12.4. The van der Waals surface area contributed by atoms with E-state index in [1.165, 1.54) is 5.56 Å². The molecule has 1 atom stereocenters. The van der Waals surface area contributed by atoms with E-state index in [9.17, 15) is 0 Å². The quantitative estimate of drug-likeness (QED) is 0.754. The summed E-state index contributed by atoms with van der Waals surface area (Å²) in [7, 11) is 0. The fourth-order valence-electron chi connectivity index (χ4n) is 2.21. The Labute approximate surface area is 120 Å². The SMILES string of the molecule is CC(C)CC(Nc1cccc(Cl)c1)c1ccccc1. The molecule has 0 aromatic heterocycles. The summed E-state index contributed by atoms with van der Waals surface area (Å²) < 4.78 is 0. The summed E-state index contributed by atoms with van der Waals surface area (Å²) in [5.74, 6) is 0.636. The van der Waals surface area contributed by atoms with Crippen molar-refractivity contribution in [3.8, 4) is 0 Å². The minimum absolute atomic E-state index is 0.319. The van der Waals surface area contributed by atoms with E-state index in [4.69, 9.17) is 11.6 Å². The van der Waals surface area contributed by atoms with E-state index < -0.39 is 0 Å². The summed E-state index contributed by atoms with van der Waals surface area (Å²) in [6, 6.07) is 18.8. The number of benzene rings is 2. The minimum atomic E-state index is 0.319. The Morgan fingerprint density at radius 2 is 1.74 bits per heavy atom. The smallest absolute Gasteiger partial charge is 0.0516 e. The number of hydrogen-bond acceptors (Lipinski definition) is 1. The first-order chi connectivity index (χ1) is 9.15. The molecule has 0 saturated carbocycles. The molecule has 0 fully saturated rings. The molecular formula is C17H20ClN. The first kappa shape index (κ1) is 14.0. The highest BCUT2D eigenvalue weighted by Crippen LogP contribution is 2.27. The third-order valence-electron chi connectivity index (χ3n) is 3.07. The van der Waals surface area contributed by atoms with Crippen molar-refractivity contribution in [2.45, 2.75) is 26.3 Å². The van der Waals surface area contributed by atoms with Crippen molar-refractivity contribution in [1.29, 1.82) is 0 Å². The van der Waals surface area contributed by atoms with Crippen LogP contribution in [0.4, 0.5) is 5.69 Å². The van der Waals surface area contributed by atoms with Gasteiger partial charge in [-0.15, -0.1) is 0 Å². The molecule has 0 saturated heterocycles. The van der Waals surface area contributed by atoms with Gasteiger partial charge < -0.3 is 5.32 Å². The van der Waals surface area contributed by atoms with Gasteiger partial charge in [-0.05, 0) is 36.1 Å². The standard InChI is InChI=1S/C17H20ClN/c1-13(2)11-17(14-7-4-3-5-8-14)19-16-10-6-9-15(18)12-16/h3-10,12-13,17,19H,11H2,1-2H3. The molecule has 0 aliphatic rings. The van der Waals surface area contributed by atoms with Gasteiger partial charge in [0.1, 0.15) is 0 Å². The van der Waals surface area contributed by atoms with Crippen LogP contribution < -0.4 is 5.32 Å². The summed E-state index contributed by atoms with van der Waals surface area (Å²) in [5, 5.41) is 4.35. The average Bonchev–Trinajstić information content (AvgIpc) is 2.38. The monoisotopic (exact) mass is 273 g/mol. The number of nitrogens with one attached hydrogen (secondary N) is 1. The van der Waals surface area contributed by atoms with Gasteiger partial charge in [-0.3, -0.25) is 0 Å². The second-order valence-electron chi connectivity index (χ2n) is 5.25. The Balaban J connectivity index is 2.19. The van der Waals surface area contributed by atoms with E-state index in [0.717, 1.165) is 17.1 Å². The van der Waals surface area contributed by atoms with E-state index in [1.807, 2.05) is 18.2 Å². The molecule has 1 unspecified atom stereocenters. The Morgan fingerprint density at radius 3 is 2.37 bits per heavy atom. The summed E-state index contributed by atoms with van der Waals surface area (Å²) in [6.45, 7) is 4.49. The van der Waals surface area contributed by atoms with Gasteiger partial charge in [-0.1, -0.05) is 61.8 Å². The molecule has 1 nitrogen and oxygen atoms in total. The van der Waals surface area contributed by atoms with Crippen LogP contribution in [0.5, 0.6) is 0 Å². The van der Waals surface area contributed by atoms with Crippen molar-refractivity contribution < 1.29 is 0 Å². The second kappa shape index (κ2) is 6.63. The Morgan fingerprint density at radius 1 is 1.00 bits per heavy atom. The lowest BCUT2D eigenvalue weighted by Crippen LogP contribution is -2.13. The predicted molar refractivity (Wildman–Crippen MR) is 83.7 cm³/mol. The zero-order chi connectivity index (χ0) is 13.7. The van der Waals surface area contributed by atoms with Crippen LogP contribution in [0.25, 0.3) is 0 Å². The summed E-state index contributed by atoms with van der Waals surface area (Å²) in [6.07, 6.45) is 1.09. The number of anilines is 1. The molecule has 0 aliphatic heterocycles. The van der Waals surface area contributed by atoms with Crippen LogP contribution >= 0.6 is 11.6 Å². The lowest BCUT2D eigenvalue weighted by atomic mass is 9.97. The zero-order valence-corrected chi connectivity index (χ0v) is 12.2. The number of hydrogen-bond donors (Lipinski definition) is 1. The summed E-state index contributed by atoms with van der Waals surface area (Å²) >= 11 is 6.04. The molecule has 2 aromatic carbocycles. The van der Waals surface area contributed by atoms with Gasteiger partial charge >= 0.3 is 0 Å². The maximum Gasteiger partial charge on any atom is 0.0516 e. The minimum Gasteiger partial charge on any atom is -0.378 e. The van der Waals surface area contributed by atoms with Gasteiger partial charge in [0.15, 0.2) is 0 Å². The molecular weight excluding hydrogens is 254 g/mol. The Kier molecular flexibility index (Phi) is 4.86. The highest BCUT2D eigenvalue weighted by atomic mass is 35.5. The van der Waals surface area contributed by atoms with Gasteiger partial charge in [0.2, 0.25) is 0 Å². The summed E-state index contributed by atoms with van der Waals surface area (Å²) in [4.78, 5) is 0. The fourth-order valence-corrected chi connectivity index (χ4v) is 2.40. The van der Waals surface area contributed by atoms with E-state index in [2.05, 4.69) is 55.6 Å². The van der Waals surface area contributed by atoms with Crippen molar-refractivity contribution in [2.75, 3.05) is 5.32 Å².